The summed E-state index contributed by atoms with van der Waals surface area (Å²) in [5.41, 5.74) is 1.15. The first-order chi connectivity index (χ1) is 11.9. The van der Waals surface area contributed by atoms with E-state index in [1.54, 1.807) is 35.6 Å². The number of hydrogen-bond acceptors (Lipinski definition) is 3. The molecule has 0 saturated heterocycles. The Kier molecular flexibility index (Phi) is 5.44. The highest BCUT2D eigenvalue weighted by atomic mass is 32.1. The molecule has 0 unspecified atom stereocenters. The third-order valence-corrected chi connectivity index (χ3v) is 4.75. The largest absolute Gasteiger partial charge is 0.411 e. The van der Waals surface area contributed by atoms with E-state index in [4.69, 9.17) is 0 Å². The molecule has 1 aliphatic rings. The molecule has 25 heavy (non-hydrogen) atoms. The highest BCUT2D eigenvalue weighted by Crippen LogP contribution is 2.30. The molecule has 2 aromatic rings. The van der Waals surface area contributed by atoms with Crippen LogP contribution in [0.5, 0.6) is 0 Å². The number of carbonyl (C=O) groups excluding carboxylic acids is 1. The van der Waals surface area contributed by atoms with Crippen LogP contribution in [0.2, 0.25) is 0 Å². The van der Waals surface area contributed by atoms with Crippen LogP contribution in [0.25, 0.3) is 0 Å². The molecule has 1 fully saturated rings. The van der Waals surface area contributed by atoms with Crippen molar-refractivity contribution in [2.45, 2.75) is 38.2 Å². The number of thiophene rings is 1. The number of carbonyl (C=O) groups is 1. The van der Waals surface area contributed by atoms with Crippen LogP contribution in [-0.2, 0) is 17.9 Å². The maximum Gasteiger partial charge on any atom is 0.411 e. The summed E-state index contributed by atoms with van der Waals surface area (Å²) in [5, 5.41) is 1.99. The molecule has 7 heteroatoms. The minimum Gasteiger partial charge on any atom is -0.367 e. The average Bonchev–Trinajstić information content (AvgIpc) is 3.28. The number of alkyl halides is 3. The zero-order valence-electron chi connectivity index (χ0n) is 13.5. The van der Waals surface area contributed by atoms with Gasteiger partial charge in [0.05, 0.1) is 13.2 Å². The lowest BCUT2D eigenvalue weighted by molar-refractivity contribution is -0.176. The number of amides is 1. The molecule has 1 heterocycles. The lowest BCUT2D eigenvalue weighted by atomic mass is 10.1. The first kappa shape index (κ1) is 17.9. The Balaban J connectivity index is 1.61. The normalized spacial score (nSPS) is 14.5. The van der Waals surface area contributed by atoms with E-state index in [-0.39, 0.29) is 18.6 Å². The molecular weight excluding hydrogens is 351 g/mol. The monoisotopic (exact) mass is 369 g/mol. The molecule has 0 spiro atoms. The van der Waals surface area contributed by atoms with Crippen LogP contribution in [0.15, 0.2) is 41.8 Å². The molecule has 1 saturated carbocycles. The lowest BCUT2D eigenvalue weighted by Gasteiger charge is -2.22. The van der Waals surface area contributed by atoms with E-state index in [0.29, 0.717) is 17.7 Å². The predicted molar refractivity (Wildman–Crippen MR) is 89.4 cm³/mol. The Hall–Kier alpha value is -1.86. The van der Waals surface area contributed by atoms with Crippen molar-refractivity contribution in [1.82, 2.24) is 4.90 Å². The van der Waals surface area contributed by atoms with Crippen molar-refractivity contribution in [2.24, 2.45) is 0 Å². The van der Waals surface area contributed by atoms with Crippen molar-refractivity contribution in [1.29, 1.82) is 0 Å². The Bertz CT molecular complexity index is 694. The van der Waals surface area contributed by atoms with Gasteiger partial charge in [-0.05, 0) is 42.0 Å². The molecule has 3 rings (SSSR count). The van der Waals surface area contributed by atoms with Crippen molar-refractivity contribution in [2.75, 3.05) is 6.61 Å². The van der Waals surface area contributed by atoms with Crippen molar-refractivity contribution in [3.8, 4) is 0 Å². The molecule has 1 aromatic carbocycles. The SMILES string of the molecule is O=C(c1ccc(COCC(F)(F)F)cc1)N(Cc1cccs1)C1CC1. The summed E-state index contributed by atoms with van der Waals surface area (Å²) >= 11 is 1.62. The molecule has 0 aliphatic heterocycles. The highest BCUT2D eigenvalue weighted by molar-refractivity contribution is 7.09. The second-order valence-corrected chi connectivity index (χ2v) is 7.08. The first-order valence-electron chi connectivity index (χ1n) is 7.99. The van der Waals surface area contributed by atoms with E-state index in [2.05, 4.69) is 4.74 Å². The second kappa shape index (κ2) is 7.58. The van der Waals surface area contributed by atoms with E-state index >= 15 is 0 Å². The number of ether oxygens (including phenoxy) is 1. The van der Waals surface area contributed by atoms with Crippen LogP contribution in [0, 0.1) is 0 Å². The summed E-state index contributed by atoms with van der Waals surface area (Å²) in [7, 11) is 0. The minimum atomic E-state index is -4.33. The van der Waals surface area contributed by atoms with E-state index in [9.17, 15) is 18.0 Å². The van der Waals surface area contributed by atoms with Crippen LogP contribution < -0.4 is 0 Å². The van der Waals surface area contributed by atoms with E-state index < -0.39 is 12.8 Å². The first-order valence-corrected chi connectivity index (χ1v) is 8.87. The third kappa shape index (κ3) is 5.31. The highest BCUT2D eigenvalue weighted by Gasteiger charge is 2.33. The molecular formula is C18H18F3NO2S. The van der Waals surface area contributed by atoms with Gasteiger partial charge < -0.3 is 9.64 Å². The fourth-order valence-electron chi connectivity index (χ4n) is 2.52. The number of halogens is 3. The van der Waals surface area contributed by atoms with Gasteiger partial charge in [0.25, 0.3) is 5.91 Å². The lowest BCUT2D eigenvalue weighted by Crippen LogP contribution is -2.32. The number of rotatable bonds is 7. The second-order valence-electron chi connectivity index (χ2n) is 6.05. The van der Waals surface area contributed by atoms with Crippen LogP contribution in [-0.4, -0.2) is 29.6 Å². The van der Waals surface area contributed by atoms with Gasteiger partial charge in [0.1, 0.15) is 6.61 Å². The van der Waals surface area contributed by atoms with Crippen LogP contribution in [0.4, 0.5) is 13.2 Å². The van der Waals surface area contributed by atoms with Gasteiger partial charge in [-0.25, -0.2) is 0 Å². The fraction of sp³-hybridized carbons (Fsp3) is 0.389. The van der Waals surface area contributed by atoms with Crippen molar-refractivity contribution >= 4 is 17.2 Å². The standard InChI is InChI=1S/C18H18F3NO2S/c19-18(20,21)12-24-11-13-3-5-14(6-4-13)17(23)22(15-7-8-15)10-16-2-1-9-25-16/h1-6,9,15H,7-8,10-12H2. The molecule has 3 nitrogen and oxygen atoms in total. The molecule has 1 aromatic heterocycles. The van der Waals surface area contributed by atoms with Crippen molar-refractivity contribution < 1.29 is 22.7 Å². The molecule has 134 valence electrons. The van der Waals surface area contributed by atoms with Gasteiger partial charge in [-0.3, -0.25) is 4.79 Å². The third-order valence-electron chi connectivity index (χ3n) is 3.89. The maximum absolute atomic E-state index is 12.8. The van der Waals surface area contributed by atoms with Gasteiger partial charge in [-0.15, -0.1) is 11.3 Å². The minimum absolute atomic E-state index is 0.0429. The van der Waals surface area contributed by atoms with Crippen LogP contribution in [0.3, 0.4) is 0 Å². The summed E-state index contributed by atoms with van der Waals surface area (Å²) in [4.78, 5) is 15.8. The quantitative estimate of drug-likeness (QED) is 0.712. The fourth-order valence-corrected chi connectivity index (χ4v) is 3.22. The maximum atomic E-state index is 12.8. The smallest absolute Gasteiger partial charge is 0.367 e. The molecule has 0 atom stereocenters. The number of benzene rings is 1. The summed E-state index contributed by atoms with van der Waals surface area (Å²) in [5.74, 6) is -0.0429. The molecule has 0 radical (unpaired) electrons. The van der Waals surface area contributed by atoms with Gasteiger partial charge in [0, 0.05) is 16.5 Å². The Labute approximate surface area is 148 Å². The molecule has 1 amide bonds. The Morgan fingerprint density at radius 1 is 1.20 bits per heavy atom. The Morgan fingerprint density at radius 2 is 1.92 bits per heavy atom. The summed E-state index contributed by atoms with van der Waals surface area (Å²) in [6.45, 7) is -0.808. The zero-order chi connectivity index (χ0) is 17.9. The number of hydrogen-bond donors (Lipinski definition) is 0. The average molecular weight is 369 g/mol. The summed E-state index contributed by atoms with van der Waals surface area (Å²) < 4.78 is 40.9. The zero-order valence-corrected chi connectivity index (χ0v) is 14.3. The molecule has 1 aliphatic carbocycles. The van der Waals surface area contributed by atoms with E-state index in [1.165, 1.54) is 0 Å². The van der Waals surface area contributed by atoms with Gasteiger partial charge in [-0.2, -0.15) is 13.2 Å². The predicted octanol–water partition coefficient (Wildman–Crippen LogP) is 4.63. The van der Waals surface area contributed by atoms with Crippen molar-refractivity contribution in [3.63, 3.8) is 0 Å². The van der Waals surface area contributed by atoms with Gasteiger partial charge in [0.2, 0.25) is 0 Å². The van der Waals surface area contributed by atoms with Crippen molar-refractivity contribution in [3.05, 3.63) is 57.8 Å². The van der Waals surface area contributed by atoms with Crippen LogP contribution >= 0.6 is 11.3 Å². The van der Waals surface area contributed by atoms with E-state index in [0.717, 1.165) is 17.7 Å². The summed E-state index contributed by atoms with van der Waals surface area (Å²) in [6, 6.07) is 10.8. The van der Waals surface area contributed by atoms with Gasteiger partial charge in [0.15, 0.2) is 0 Å². The summed E-state index contributed by atoms with van der Waals surface area (Å²) in [6.07, 6.45) is -2.30. The topological polar surface area (TPSA) is 29.5 Å². The van der Waals surface area contributed by atoms with E-state index in [1.807, 2.05) is 22.4 Å². The Morgan fingerprint density at radius 3 is 2.48 bits per heavy atom. The van der Waals surface area contributed by atoms with Gasteiger partial charge >= 0.3 is 6.18 Å². The number of nitrogens with zero attached hydrogens (tertiary/aromatic N) is 1. The molecule has 0 bridgehead atoms. The van der Waals surface area contributed by atoms with Gasteiger partial charge in [-0.1, -0.05) is 18.2 Å². The van der Waals surface area contributed by atoms with Crippen LogP contribution in [0.1, 0.15) is 33.6 Å². The molecule has 0 N–H and O–H groups in total.